The van der Waals surface area contributed by atoms with E-state index in [1.807, 2.05) is 6.07 Å². The van der Waals surface area contributed by atoms with Crippen LogP contribution in [0.2, 0.25) is 0 Å². The molecule has 0 amide bonds. The van der Waals surface area contributed by atoms with Crippen LogP contribution in [-0.2, 0) is 19.4 Å². The molecular weight excluding hydrogens is 298 g/mol. The van der Waals surface area contributed by atoms with Crippen molar-refractivity contribution in [3.63, 3.8) is 0 Å². The van der Waals surface area contributed by atoms with Crippen LogP contribution >= 0.6 is 0 Å². The van der Waals surface area contributed by atoms with E-state index in [1.54, 1.807) is 7.11 Å². The Morgan fingerprint density at radius 3 is 2.33 bits per heavy atom. The van der Waals surface area contributed by atoms with Gasteiger partial charge in [-0.3, -0.25) is 0 Å². The van der Waals surface area contributed by atoms with Gasteiger partial charge in [-0.15, -0.1) is 0 Å². The Morgan fingerprint density at radius 1 is 1.12 bits per heavy atom. The highest BCUT2D eigenvalue weighted by Crippen LogP contribution is 2.31. The molecule has 0 radical (unpaired) electrons. The van der Waals surface area contributed by atoms with E-state index in [1.165, 1.54) is 16.7 Å². The first-order chi connectivity index (χ1) is 11.6. The normalized spacial score (nSPS) is 15.5. The van der Waals surface area contributed by atoms with Crippen LogP contribution in [0.4, 0.5) is 0 Å². The molecule has 3 heteroatoms. The van der Waals surface area contributed by atoms with Gasteiger partial charge in [-0.05, 0) is 41.5 Å². The number of rotatable bonds is 6. The molecule has 0 saturated heterocycles. The first-order valence-electron chi connectivity index (χ1n) is 8.66. The van der Waals surface area contributed by atoms with Crippen molar-refractivity contribution in [3.05, 3.63) is 64.7 Å². The summed E-state index contributed by atoms with van der Waals surface area (Å²) in [7, 11) is 1.71. The summed E-state index contributed by atoms with van der Waals surface area (Å²) in [6.45, 7) is 5.22. The van der Waals surface area contributed by atoms with Gasteiger partial charge in [0.15, 0.2) is 0 Å². The Labute approximate surface area is 144 Å². The van der Waals surface area contributed by atoms with Crippen molar-refractivity contribution >= 4 is 0 Å². The fraction of sp³-hybridized carbons (Fsp3) is 0.429. The van der Waals surface area contributed by atoms with Crippen LogP contribution in [0, 0.1) is 0 Å². The van der Waals surface area contributed by atoms with E-state index in [0.29, 0.717) is 12.5 Å². The summed E-state index contributed by atoms with van der Waals surface area (Å²) < 4.78 is 5.52. The van der Waals surface area contributed by atoms with Gasteiger partial charge in [-0.1, -0.05) is 50.2 Å². The van der Waals surface area contributed by atoms with E-state index in [9.17, 15) is 5.11 Å². The monoisotopic (exact) mass is 325 g/mol. The topological polar surface area (TPSA) is 41.5 Å². The van der Waals surface area contributed by atoms with Crippen molar-refractivity contribution in [1.82, 2.24) is 5.32 Å². The molecule has 1 aliphatic rings. The van der Waals surface area contributed by atoms with Gasteiger partial charge in [-0.25, -0.2) is 0 Å². The summed E-state index contributed by atoms with van der Waals surface area (Å²) in [6.07, 6.45) is 1.73. The molecule has 2 aromatic carbocycles. The minimum atomic E-state index is -0.275. The molecule has 3 nitrogen and oxygen atoms in total. The molecule has 0 bridgehead atoms. The van der Waals surface area contributed by atoms with Crippen molar-refractivity contribution in [2.45, 2.75) is 44.7 Å². The summed E-state index contributed by atoms with van der Waals surface area (Å²) in [5.74, 6) is 1.38. The maximum Gasteiger partial charge on any atom is 0.123 e. The predicted octanol–water partition coefficient (Wildman–Crippen LogP) is 3.44. The minimum absolute atomic E-state index is 0.133. The lowest BCUT2D eigenvalue weighted by atomic mass is 9.95. The third-order valence-corrected chi connectivity index (χ3v) is 5.10. The van der Waals surface area contributed by atoms with E-state index in [-0.39, 0.29) is 12.1 Å². The molecule has 0 spiro atoms. The van der Waals surface area contributed by atoms with Gasteiger partial charge in [-0.2, -0.15) is 0 Å². The van der Waals surface area contributed by atoms with Crippen molar-refractivity contribution < 1.29 is 9.84 Å². The van der Waals surface area contributed by atoms with Crippen LogP contribution in [0.15, 0.2) is 42.5 Å². The number of hydrogen-bond donors (Lipinski definition) is 2. The zero-order chi connectivity index (χ0) is 17.2. The smallest absolute Gasteiger partial charge is 0.123 e. The van der Waals surface area contributed by atoms with Crippen molar-refractivity contribution in [3.8, 4) is 5.75 Å². The maximum absolute atomic E-state index is 10.0. The SMILES string of the molecule is COc1ccc(C(C)C)cc1CNC1(CO)Cc2ccccc2C1. The zero-order valence-electron chi connectivity index (χ0n) is 14.8. The number of methoxy groups -OCH3 is 1. The standard InChI is InChI=1S/C21H27NO2/c1-15(2)16-8-9-20(24-3)19(10-16)13-22-21(14-23)11-17-6-4-5-7-18(17)12-21/h4-10,15,22-23H,11-14H2,1-3H3. The van der Waals surface area contributed by atoms with Crippen LogP contribution in [0.25, 0.3) is 0 Å². The van der Waals surface area contributed by atoms with Crippen LogP contribution in [0.3, 0.4) is 0 Å². The van der Waals surface area contributed by atoms with E-state index < -0.39 is 0 Å². The maximum atomic E-state index is 10.0. The molecule has 0 fully saturated rings. The van der Waals surface area contributed by atoms with Crippen LogP contribution < -0.4 is 10.1 Å². The molecule has 2 aromatic rings. The lowest BCUT2D eigenvalue weighted by Gasteiger charge is -2.29. The van der Waals surface area contributed by atoms with E-state index >= 15 is 0 Å². The number of nitrogens with one attached hydrogen (secondary N) is 1. The van der Waals surface area contributed by atoms with Crippen LogP contribution in [0.1, 0.15) is 42.0 Å². The highest BCUT2D eigenvalue weighted by molar-refractivity contribution is 5.40. The van der Waals surface area contributed by atoms with E-state index in [2.05, 4.69) is 55.6 Å². The minimum Gasteiger partial charge on any atom is -0.496 e. The number of aliphatic hydroxyl groups is 1. The molecule has 0 aliphatic heterocycles. The second-order valence-corrected chi connectivity index (χ2v) is 7.14. The largest absolute Gasteiger partial charge is 0.496 e. The Balaban J connectivity index is 1.79. The van der Waals surface area contributed by atoms with Gasteiger partial charge in [0, 0.05) is 17.6 Å². The zero-order valence-corrected chi connectivity index (χ0v) is 14.8. The van der Waals surface area contributed by atoms with Gasteiger partial charge < -0.3 is 15.2 Å². The molecule has 2 N–H and O–H groups in total. The number of ether oxygens (including phenoxy) is 1. The molecular formula is C21H27NO2. The lowest BCUT2D eigenvalue weighted by molar-refractivity contribution is 0.165. The quantitative estimate of drug-likeness (QED) is 0.855. The van der Waals surface area contributed by atoms with Gasteiger partial charge in [0.2, 0.25) is 0 Å². The lowest BCUT2D eigenvalue weighted by Crippen LogP contribution is -2.49. The summed E-state index contributed by atoms with van der Waals surface area (Å²) >= 11 is 0. The fourth-order valence-electron chi connectivity index (χ4n) is 3.57. The summed E-state index contributed by atoms with van der Waals surface area (Å²) in [6, 6.07) is 14.8. The fourth-order valence-corrected chi connectivity index (χ4v) is 3.57. The molecule has 1 aliphatic carbocycles. The molecule has 0 atom stereocenters. The average molecular weight is 325 g/mol. The van der Waals surface area contributed by atoms with Gasteiger partial charge in [0.05, 0.1) is 13.7 Å². The second kappa shape index (κ2) is 6.96. The first kappa shape index (κ1) is 17.0. The molecule has 0 heterocycles. The second-order valence-electron chi connectivity index (χ2n) is 7.14. The Hall–Kier alpha value is -1.84. The van der Waals surface area contributed by atoms with Gasteiger partial charge >= 0.3 is 0 Å². The van der Waals surface area contributed by atoms with Crippen LogP contribution in [0.5, 0.6) is 5.75 Å². The Bertz CT molecular complexity index is 684. The third-order valence-electron chi connectivity index (χ3n) is 5.10. The number of benzene rings is 2. The predicted molar refractivity (Wildman–Crippen MR) is 97.6 cm³/mol. The summed E-state index contributed by atoms with van der Waals surface area (Å²) in [5, 5.41) is 13.7. The number of fused-ring (bicyclic) bond motifs is 1. The van der Waals surface area contributed by atoms with Crippen molar-refractivity contribution in [2.24, 2.45) is 0 Å². The van der Waals surface area contributed by atoms with Crippen LogP contribution in [-0.4, -0.2) is 24.4 Å². The summed E-state index contributed by atoms with van der Waals surface area (Å²) in [5.41, 5.74) is 4.85. The number of aliphatic hydroxyl groups excluding tert-OH is 1. The highest BCUT2D eigenvalue weighted by atomic mass is 16.5. The molecule has 0 unspecified atom stereocenters. The molecule has 128 valence electrons. The first-order valence-corrected chi connectivity index (χ1v) is 8.66. The van der Waals surface area contributed by atoms with Gasteiger partial charge in [0.25, 0.3) is 0 Å². The molecule has 3 rings (SSSR count). The molecule has 0 saturated carbocycles. The highest BCUT2D eigenvalue weighted by Gasteiger charge is 2.36. The Kier molecular flexibility index (Phi) is 4.93. The van der Waals surface area contributed by atoms with Crippen molar-refractivity contribution in [1.29, 1.82) is 0 Å². The third kappa shape index (κ3) is 3.33. The van der Waals surface area contributed by atoms with E-state index in [4.69, 9.17) is 4.74 Å². The number of hydrogen-bond acceptors (Lipinski definition) is 3. The molecule has 0 aromatic heterocycles. The van der Waals surface area contributed by atoms with E-state index in [0.717, 1.165) is 24.2 Å². The molecule has 24 heavy (non-hydrogen) atoms. The van der Waals surface area contributed by atoms with Gasteiger partial charge in [0.1, 0.15) is 5.75 Å². The summed E-state index contributed by atoms with van der Waals surface area (Å²) in [4.78, 5) is 0. The Morgan fingerprint density at radius 2 is 1.79 bits per heavy atom. The average Bonchev–Trinajstić information content (AvgIpc) is 2.98. The van der Waals surface area contributed by atoms with Crippen molar-refractivity contribution in [2.75, 3.05) is 13.7 Å².